The zero-order chi connectivity index (χ0) is 17.8. The van der Waals surface area contributed by atoms with Gasteiger partial charge in [0.2, 0.25) is 0 Å². The molecule has 0 aromatic carbocycles. The number of halogens is 7. The Labute approximate surface area is 135 Å². The van der Waals surface area contributed by atoms with Crippen LogP contribution < -0.4 is 4.90 Å². The maximum absolute atomic E-state index is 12.9. The van der Waals surface area contributed by atoms with E-state index in [-0.39, 0.29) is 36.8 Å². The van der Waals surface area contributed by atoms with E-state index in [1.165, 1.54) is 4.90 Å². The van der Waals surface area contributed by atoms with Gasteiger partial charge in [0, 0.05) is 19.3 Å². The highest BCUT2D eigenvalue weighted by atomic mass is 35.5. The SMILES string of the molecule is CC.FC(F)(F)c1cnc(Cl)cc1N1CCC(C(F)(F)F)CC1. The summed E-state index contributed by atoms with van der Waals surface area (Å²) in [6, 6.07) is 1.04. The average molecular weight is 363 g/mol. The van der Waals surface area contributed by atoms with E-state index in [1.54, 1.807) is 0 Å². The lowest BCUT2D eigenvalue weighted by Gasteiger charge is -2.35. The van der Waals surface area contributed by atoms with Gasteiger partial charge < -0.3 is 4.90 Å². The van der Waals surface area contributed by atoms with Crippen LogP contribution in [0, 0.1) is 5.92 Å². The fourth-order valence-electron chi connectivity index (χ4n) is 2.35. The van der Waals surface area contributed by atoms with E-state index in [4.69, 9.17) is 11.6 Å². The van der Waals surface area contributed by atoms with Crippen molar-refractivity contribution in [3.05, 3.63) is 23.0 Å². The molecule has 0 amide bonds. The molecule has 1 aliphatic rings. The van der Waals surface area contributed by atoms with Crippen molar-refractivity contribution in [2.24, 2.45) is 5.92 Å². The summed E-state index contributed by atoms with van der Waals surface area (Å²) in [6.45, 7) is 3.79. The Balaban J connectivity index is 0.00000127. The Morgan fingerprint density at radius 1 is 1.09 bits per heavy atom. The summed E-state index contributed by atoms with van der Waals surface area (Å²) in [5.41, 5.74) is -1.21. The van der Waals surface area contributed by atoms with Crippen LogP contribution in [0.1, 0.15) is 32.3 Å². The van der Waals surface area contributed by atoms with Crippen LogP contribution in [0.4, 0.5) is 32.0 Å². The number of alkyl halides is 6. The van der Waals surface area contributed by atoms with Crippen LogP contribution in [-0.2, 0) is 6.18 Å². The Morgan fingerprint density at radius 2 is 1.61 bits per heavy atom. The molecule has 2 rings (SSSR count). The molecule has 2 heterocycles. The van der Waals surface area contributed by atoms with Gasteiger partial charge in [0.25, 0.3) is 0 Å². The number of pyridine rings is 1. The van der Waals surface area contributed by atoms with E-state index in [9.17, 15) is 26.3 Å². The first-order valence-corrected chi connectivity index (χ1v) is 7.51. The third-order valence-electron chi connectivity index (χ3n) is 3.45. The van der Waals surface area contributed by atoms with Gasteiger partial charge in [-0.05, 0) is 18.9 Å². The summed E-state index contributed by atoms with van der Waals surface area (Å²) in [7, 11) is 0. The number of nitrogens with zero attached hydrogens (tertiary/aromatic N) is 2. The van der Waals surface area contributed by atoms with E-state index in [0.29, 0.717) is 6.20 Å². The van der Waals surface area contributed by atoms with Crippen molar-refractivity contribution in [2.75, 3.05) is 18.0 Å². The van der Waals surface area contributed by atoms with E-state index in [0.717, 1.165) is 6.07 Å². The van der Waals surface area contributed by atoms with E-state index in [2.05, 4.69) is 4.98 Å². The number of hydrogen-bond acceptors (Lipinski definition) is 2. The van der Waals surface area contributed by atoms with Gasteiger partial charge in [-0.3, -0.25) is 0 Å². The van der Waals surface area contributed by atoms with Crippen LogP contribution in [0.15, 0.2) is 12.3 Å². The Kier molecular flexibility index (Phi) is 6.56. The van der Waals surface area contributed by atoms with Gasteiger partial charge >= 0.3 is 12.4 Å². The minimum absolute atomic E-state index is 0.104. The van der Waals surface area contributed by atoms with Crippen LogP contribution in [0.5, 0.6) is 0 Å². The first kappa shape index (κ1) is 19.9. The Hall–Kier alpha value is -1.18. The zero-order valence-electron chi connectivity index (χ0n) is 12.6. The third-order valence-corrected chi connectivity index (χ3v) is 3.66. The highest BCUT2D eigenvalue weighted by Gasteiger charge is 2.42. The maximum Gasteiger partial charge on any atom is 0.419 e. The molecule has 1 saturated heterocycles. The molecule has 0 unspecified atom stereocenters. The van der Waals surface area contributed by atoms with Crippen molar-refractivity contribution in [3.63, 3.8) is 0 Å². The zero-order valence-corrected chi connectivity index (χ0v) is 13.4. The van der Waals surface area contributed by atoms with Crippen molar-refractivity contribution in [3.8, 4) is 0 Å². The summed E-state index contributed by atoms with van der Waals surface area (Å²) >= 11 is 5.60. The second kappa shape index (κ2) is 7.59. The summed E-state index contributed by atoms with van der Waals surface area (Å²) < 4.78 is 76.5. The summed E-state index contributed by atoms with van der Waals surface area (Å²) in [5.74, 6) is -1.47. The molecule has 0 radical (unpaired) electrons. The Bertz CT molecular complexity index is 507. The molecular weight excluding hydrogens is 346 g/mol. The molecule has 1 fully saturated rings. The molecule has 0 atom stereocenters. The molecule has 0 aliphatic carbocycles. The van der Waals surface area contributed by atoms with Gasteiger partial charge in [0.05, 0.1) is 17.2 Å². The molecule has 1 aromatic rings. The Morgan fingerprint density at radius 3 is 2.04 bits per heavy atom. The van der Waals surface area contributed by atoms with Crippen molar-refractivity contribution in [2.45, 2.75) is 39.0 Å². The monoisotopic (exact) mass is 362 g/mol. The molecule has 1 aromatic heterocycles. The lowest BCUT2D eigenvalue weighted by molar-refractivity contribution is -0.179. The largest absolute Gasteiger partial charge is 0.419 e. The van der Waals surface area contributed by atoms with Crippen LogP contribution in [-0.4, -0.2) is 24.2 Å². The minimum Gasteiger partial charge on any atom is -0.371 e. The first-order valence-electron chi connectivity index (χ1n) is 7.13. The smallest absolute Gasteiger partial charge is 0.371 e. The highest BCUT2D eigenvalue weighted by Crippen LogP contribution is 2.40. The quantitative estimate of drug-likeness (QED) is 0.480. The highest BCUT2D eigenvalue weighted by molar-refractivity contribution is 6.29. The number of piperidine rings is 1. The summed E-state index contributed by atoms with van der Waals surface area (Å²) in [4.78, 5) is 4.67. The maximum atomic E-state index is 12.9. The second-order valence-corrected chi connectivity index (χ2v) is 5.21. The molecule has 0 bridgehead atoms. The van der Waals surface area contributed by atoms with Crippen LogP contribution >= 0.6 is 11.6 Å². The average Bonchev–Trinajstić information content (AvgIpc) is 2.47. The predicted molar refractivity (Wildman–Crippen MR) is 76.6 cm³/mol. The molecule has 132 valence electrons. The van der Waals surface area contributed by atoms with Gasteiger partial charge in [-0.15, -0.1) is 0 Å². The molecule has 2 nitrogen and oxygen atoms in total. The number of rotatable bonds is 1. The standard InChI is InChI=1S/C12H11ClF6N2.C2H6/c13-10-5-9(8(6-20-10)12(17,18)19)21-3-1-7(2-4-21)11(14,15)16;1-2/h5-7H,1-4H2;1-2H3. The fourth-order valence-corrected chi connectivity index (χ4v) is 2.50. The first-order chi connectivity index (χ1) is 10.6. The lowest BCUT2D eigenvalue weighted by atomic mass is 9.95. The van der Waals surface area contributed by atoms with E-state index in [1.807, 2.05) is 13.8 Å². The van der Waals surface area contributed by atoms with E-state index >= 15 is 0 Å². The van der Waals surface area contributed by atoms with Crippen molar-refractivity contribution in [1.29, 1.82) is 0 Å². The minimum atomic E-state index is -4.63. The second-order valence-electron chi connectivity index (χ2n) is 4.82. The number of hydrogen-bond donors (Lipinski definition) is 0. The van der Waals surface area contributed by atoms with Crippen LogP contribution in [0.3, 0.4) is 0 Å². The molecular formula is C14H17ClF6N2. The predicted octanol–water partition coefficient (Wildman–Crippen LogP) is 5.56. The van der Waals surface area contributed by atoms with Crippen molar-refractivity contribution < 1.29 is 26.3 Å². The van der Waals surface area contributed by atoms with Gasteiger partial charge in [-0.1, -0.05) is 25.4 Å². The molecule has 0 saturated carbocycles. The van der Waals surface area contributed by atoms with Crippen LogP contribution in [0.25, 0.3) is 0 Å². The normalized spacial score (nSPS) is 16.8. The van der Waals surface area contributed by atoms with Gasteiger partial charge in [-0.2, -0.15) is 26.3 Å². The molecule has 9 heteroatoms. The van der Waals surface area contributed by atoms with Gasteiger partial charge in [0.1, 0.15) is 5.15 Å². The van der Waals surface area contributed by atoms with Gasteiger partial charge in [0.15, 0.2) is 0 Å². The number of anilines is 1. The topological polar surface area (TPSA) is 16.1 Å². The molecule has 0 spiro atoms. The lowest BCUT2D eigenvalue weighted by Crippen LogP contribution is -2.39. The molecule has 23 heavy (non-hydrogen) atoms. The van der Waals surface area contributed by atoms with Gasteiger partial charge in [-0.25, -0.2) is 4.98 Å². The van der Waals surface area contributed by atoms with Crippen molar-refractivity contribution >= 4 is 17.3 Å². The summed E-state index contributed by atoms with van der Waals surface area (Å²) in [5, 5.41) is -0.129. The van der Waals surface area contributed by atoms with Crippen LogP contribution in [0.2, 0.25) is 5.15 Å². The summed E-state index contributed by atoms with van der Waals surface area (Å²) in [6.07, 6.45) is -8.81. The van der Waals surface area contributed by atoms with E-state index < -0.39 is 23.8 Å². The van der Waals surface area contributed by atoms with Crippen molar-refractivity contribution in [1.82, 2.24) is 4.98 Å². The molecule has 1 aliphatic heterocycles. The number of aromatic nitrogens is 1. The third kappa shape index (κ3) is 5.16. The molecule has 0 N–H and O–H groups in total. The fraction of sp³-hybridized carbons (Fsp3) is 0.643.